The number of aryl methyl sites for hydroxylation is 1. The maximum atomic E-state index is 11.4. The summed E-state index contributed by atoms with van der Waals surface area (Å²) in [5.74, 6) is 0.732. The Hall–Kier alpha value is -1.03. The molecule has 1 aromatic rings. The standard InChI is InChI=1S/C16H23BrO3/c1-2-19-16(18)11-10-14-8-4-5-9-15(14)20-13-7-3-6-12-17/h4-5,8-9H,2-3,6-7,10-13H2,1H3. The minimum absolute atomic E-state index is 0.153. The minimum atomic E-state index is -0.153. The fourth-order valence-corrected chi connectivity index (χ4v) is 2.27. The zero-order chi connectivity index (χ0) is 14.6. The molecule has 0 amide bonds. The van der Waals surface area contributed by atoms with E-state index < -0.39 is 0 Å². The van der Waals surface area contributed by atoms with Crippen molar-refractivity contribution < 1.29 is 14.3 Å². The maximum absolute atomic E-state index is 11.4. The van der Waals surface area contributed by atoms with Crippen molar-refractivity contribution in [1.29, 1.82) is 0 Å². The molecule has 112 valence electrons. The summed E-state index contributed by atoms with van der Waals surface area (Å²) in [5.41, 5.74) is 1.07. The Morgan fingerprint density at radius 3 is 2.75 bits per heavy atom. The fourth-order valence-electron chi connectivity index (χ4n) is 1.88. The van der Waals surface area contributed by atoms with Gasteiger partial charge in [0.2, 0.25) is 0 Å². The summed E-state index contributed by atoms with van der Waals surface area (Å²) in [5, 5.41) is 1.04. The Morgan fingerprint density at radius 1 is 1.20 bits per heavy atom. The van der Waals surface area contributed by atoms with E-state index in [4.69, 9.17) is 9.47 Å². The Morgan fingerprint density at radius 2 is 2.00 bits per heavy atom. The van der Waals surface area contributed by atoms with Gasteiger partial charge in [0, 0.05) is 11.8 Å². The van der Waals surface area contributed by atoms with Crippen molar-refractivity contribution in [3.8, 4) is 5.75 Å². The van der Waals surface area contributed by atoms with Crippen LogP contribution < -0.4 is 4.74 Å². The molecule has 0 bridgehead atoms. The van der Waals surface area contributed by atoms with Crippen molar-refractivity contribution in [2.24, 2.45) is 0 Å². The predicted molar refractivity (Wildman–Crippen MR) is 84.5 cm³/mol. The van der Waals surface area contributed by atoms with E-state index in [-0.39, 0.29) is 5.97 Å². The lowest BCUT2D eigenvalue weighted by atomic mass is 10.1. The van der Waals surface area contributed by atoms with Gasteiger partial charge in [0.05, 0.1) is 13.2 Å². The van der Waals surface area contributed by atoms with Crippen LogP contribution >= 0.6 is 15.9 Å². The third-order valence-electron chi connectivity index (χ3n) is 2.91. The fraction of sp³-hybridized carbons (Fsp3) is 0.562. The number of para-hydroxylation sites is 1. The number of halogens is 1. The van der Waals surface area contributed by atoms with Crippen LogP contribution in [0.15, 0.2) is 24.3 Å². The van der Waals surface area contributed by atoms with Crippen molar-refractivity contribution >= 4 is 21.9 Å². The summed E-state index contributed by atoms with van der Waals surface area (Å²) in [7, 11) is 0. The molecule has 20 heavy (non-hydrogen) atoms. The highest BCUT2D eigenvalue weighted by Gasteiger charge is 2.07. The largest absolute Gasteiger partial charge is 0.493 e. The first-order valence-electron chi connectivity index (χ1n) is 7.20. The molecule has 0 radical (unpaired) electrons. The molecule has 0 saturated carbocycles. The van der Waals surface area contributed by atoms with Gasteiger partial charge >= 0.3 is 5.97 Å². The first kappa shape index (κ1) is 17.0. The van der Waals surface area contributed by atoms with Crippen LogP contribution in [0.3, 0.4) is 0 Å². The smallest absolute Gasteiger partial charge is 0.306 e. The maximum Gasteiger partial charge on any atom is 0.306 e. The van der Waals surface area contributed by atoms with Gasteiger partial charge in [-0.1, -0.05) is 34.1 Å². The molecular weight excluding hydrogens is 320 g/mol. The van der Waals surface area contributed by atoms with E-state index in [1.54, 1.807) is 0 Å². The van der Waals surface area contributed by atoms with E-state index in [1.807, 2.05) is 31.2 Å². The van der Waals surface area contributed by atoms with E-state index in [0.717, 1.165) is 36.1 Å². The summed E-state index contributed by atoms with van der Waals surface area (Å²) < 4.78 is 10.8. The van der Waals surface area contributed by atoms with Gasteiger partial charge in [0.1, 0.15) is 5.75 Å². The van der Waals surface area contributed by atoms with Crippen LogP contribution in [0.5, 0.6) is 5.75 Å². The molecule has 0 aliphatic carbocycles. The number of hydrogen-bond acceptors (Lipinski definition) is 3. The second-order valence-electron chi connectivity index (χ2n) is 4.51. The third-order valence-corrected chi connectivity index (χ3v) is 3.47. The van der Waals surface area contributed by atoms with Crippen LogP contribution in [0.2, 0.25) is 0 Å². The van der Waals surface area contributed by atoms with Crippen molar-refractivity contribution in [2.75, 3.05) is 18.5 Å². The van der Waals surface area contributed by atoms with Crippen molar-refractivity contribution in [2.45, 2.75) is 39.0 Å². The van der Waals surface area contributed by atoms with Gasteiger partial charge in [0.15, 0.2) is 0 Å². The molecule has 0 unspecified atom stereocenters. The molecule has 0 saturated heterocycles. The quantitative estimate of drug-likeness (QED) is 0.364. The highest BCUT2D eigenvalue weighted by molar-refractivity contribution is 9.09. The average Bonchev–Trinajstić information content (AvgIpc) is 2.46. The monoisotopic (exact) mass is 342 g/mol. The molecule has 0 heterocycles. The summed E-state index contributed by atoms with van der Waals surface area (Å²) in [4.78, 5) is 11.4. The first-order valence-corrected chi connectivity index (χ1v) is 8.32. The van der Waals surface area contributed by atoms with Gasteiger partial charge < -0.3 is 9.47 Å². The number of rotatable bonds is 10. The van der Waals surface area contributed by atoms with Crippen molar-refractivity contribution in [3.63, 3.8) is 0 Å². The number of carbonyl (C=O) groups excluding carboxylic acids is 1. The molecule has 0 aliphatic heterocycles. The molecule has 0 fully saturated rings. The van der Waals surface area contributed by atoms with Crippen LogP contribution in [0.4, 0.5) is 0 Å². The van der Waals surface area contributed by atoms with Crippen molar-refractivity contribution in [3.05, 3.63) is 29.8 Å². The molecule has 1 aromatic carbocycles. The summed E-state index contributed by atoms with van der Waals surface area (Å²) >= 11 is 3.42. The summed E-state index contributed by atoms with van der Waals surface area (Å²) in [6.45, 7) is 2.98. The molecule has 1 rings (SSSR count). The number of benzene rings is 1. The SMILES string of the molecule is CCOC(=O)CCc1ccccc1OCCCCCBr. The van der Waals surface area contributed by atoms with Gasteiger partial charge in [-0.3, -0.25) is 4.79 Å². The number of unbranched alkanes of at least 4 members (excludes halogenated alkanes) is 2. The van der Waals surface area contributed by atoms with E-state index in [0.29, 0.717) is 19.4 Å². The van der Waals surface area contributed by atoms with Crippen LogP contribution in [-0.4, -0.2) is 24.5 Å². The van der Waals surface area contributed by atoms with Gasteiger partial charge in [-0.2, -0.15) is 0 Å². The lowest BCUT2D eigenvalue weighted by Gasteiger charge is -2.11. The topological polar surface area (TPSA) is 35.5 Å². The Kier molecular flexibility index (Phi) is 9.13. The van der Waals surface area contributed by atoms with Gasteiger partial charge in [-0.05, 0) is 44.2 Å². The normalized spacial score (nSPS) is 10.3. The summed E-state index contributed by atoms with van der Waals surface area (Å²) in [6.07, 6.45) is 4.45. The molecule has 0 atom stereocenters. The van der Waals surface area contributed by atoms with E-state index in [1.165, 1.54) is 6.42 Å². The van der Waals surface area contributed by atoms with E-state index in [2.05, 4.69) is 15.9 Å². The molecule has 0 aromatic heterocycles. The first-order chi connectivity index (χ1) is 9.77. The van der Waals surface area contributed by atoms with Crippen LogP contribution in [-0.2, 0) is 16.0 Å². The highest BCUT2D eigenvalue weighted by Crippen LogP contribution is 2.20. The molecule has 3 nitrogen and oxygen atoms in total. The average molecular weight is 343 g/mol. The molecule has 4 heteroatoms. The number of alkyl halides is 1. The Balaban J connectivity index is 2.40. The second kappa shape index (κ2) is 10.7. The van der Waals surface area contributed by atoms with Gasteiger partial charge in [-0.15, -0.1) is 0 Å². The molecular formula is C16H23BrO3. The zero-order valence-electron chi connectivity index (χ0n) is 12.1. The van der Waals surface area contributed by atoms with E-state index in [9.17, 15) is 4.79 Å². The number of carbonyl (C=O) groups is 1. The zero-order valence-corrected chi connectivity index (χ0v) is 13.7. The Bertz CT molecular complexity index is 393. The van der Waals surface area contributed by atoms with Gasteiger partial charge in [0.25, 0.3) is 0 Å². The molecule has 0 aliphatic rings. The summed E-state index contributed by atoms with van der Waals surface area (Å²) in [6, 6.07) is 7.90. The highest BCUT2D eigenvalue weighted by atomic mass is 79.9. The predicted octanol–water partition coefficient (Wildman–Crippen LogP) is 4.13. The second-order valence-corrected chi connectivity index (χ2v) is 5.30. The lowest BCUT2D eigenvalue weighted by Crippen LogP contribution is -2.06. The van der Waals surface area contributed by atoms with Gasteiger partial charge in [-0.25, -0.2) is 0 Å². The van der Waals surface area contributed by atoms with Crippen LogP contribution in [0.1, 0.15) is 38.2 Å². The lowest BCUT2D eigenvalue weighted by molar-refractivity contribution is -0.143. The van der Waals surface area contributed by atoms with Crippen LogP contribution in [0.25, 0.3) is 0 Å². The number of esters is 1. The molecule has 0 N–H and O–H groups in total. The number of ether oxygens (including phenoxy) is 2. The van der Waals surface area contributed by atoms with Crippen molar-refractivity contribution in [1.82, 2.24) is 0 Å². The third kappa shape index (κ3) is 6.94. The van der Waals surface area contributed by atoms with E-state index >= 15 is 0 Å². The molecule has 0 spiro atoms. The van der Waals surface area contributed by atoms with Crippen LogP contribution in [0, 0.1) is 0 Å². The number of hydrogen-bond donors (Lipinski definition) is 0. The Labute approximate surface area is 129 Å². The minimum Gasteiger partial charge on any atom is -0.493 e.